The van der Waals surface area contributed by atoms with Crippen LogP contribution in [0, 0.1) is 0 Å². The van der Waals surface area contributed by atoms with Crippen LogP contribution >= 0.6 is 0 Å². The Kier molecular flexibility index (Phi) is 56.5. The lowest BCUT2D eigenvalue weighted by Crippen LogP contribution is -1.96. The highest BCUT2D eigenvalue weighted by Gasteiger charge is 1.97. The first-order chi connectivity index (χ1) is 26.0. The van der Waals surface area contributed by atoms with E-state index in [1.165, 1.54) is 141 Å². The molecule has 0 aliphatic heterocycles. The van der Waals surface area contributed by atoms with Gasteiger partial charge in [-0.3, -0.25) is 9.59 Å². The van der Waals surface area contributed by atoms with Gasteiger partial charge in [0, 0.05) is 26.1 Å². The topological polar surface area (TPSA) is 83.8 Å². The van der Waals surface area contributed by atoms with Crippen molar-refractivity contribution in [3.63, 3.8) is 0 Å². The predicted octanol–water partition coefficient (Wildman–Crippen LogP) is 15.9. The van der Waals surface area contributed by atoms with Crippen LogP contribution in [0.25, 0.3) is 0 Å². The lowest BCUT2D eigenvalue weighted by Gasteiger charge is -2.02. The van der Waals surface area contributed by atoms with Crippen molar-refractivity contribution >= 4 is 11.9 Å². The Balaban J connectivity index is -0.000000726. The molecule has 0 aliphatic rings. The molecule has 5 nitrogen and oxygen atoms in total. The van der Waals surface area contributed by atoms with Gasteiger partial charge in [-0.15, -0.1) is 0 Å². The second-order valence-corrected chi connectivity index (χ2v) is 14.5. The van der Waals surface area contributed by atoms with Gasteiger partial charge < -0.3 is 14.9 Å². The minimum atomic E-state index is -0.671. The van der Waals surface area contributed by atoms with Gasteiger partial charge in [0.2, 0.25) is 0 Å². The summed E-state index contributed by atoms with van der Waals surface area (Å²) in [5, 5.41) is 17.0. The van der Waals surface area contributed by atoms with Crippen molar-refractivity contribution in [3.8, 4) is 0 Å². The Bertz CT molecular complexity index is 747. The molecule has 0 amide bonds. The molecular weight excluding hydrogens is 657 g/mol. The second kappa shape index (κ2) is 54.2. The molecule has 0 fully saturated rings. The van der Waals surface area contributed by atoms with Crippen LogP contribution in [0.2, 0.25) is 0 Å². The van der Waals surface area contributed by atoms with Gasteiger partial charge in [0.1, 0.15) is 0 Å². The summed E-state index contributed by atoms with van der Waals surface area (Å²) in [6, 6.07) is 0. The highest BCUT2D eigenvalue weighted by molar-refractivity contribution is 5.66. The summed E-state index contributed by atoms with van der Waals surface area (Å²) < 4.78 is 5.48. The van der Waals surface area contributed by atoms with E-state index in [1.54, 1.807) is 0 Å². The summed E-state index contributed by atoms with van der Waals surface area (Å²) in [5.74, 6) is -1.34. The lowest BCUT2D eigenvalue weighted by atomic mass is 10.1. The minimum Gasteiger partial charge on any atom is -0.481 e. The van der Waals surface area contributed by atoms with Gasteiger partial charge in [-0.25, -0.2) is 0 Å². The smallest absolute Gasteiger partial charge is 0.303 e. The number of hydrogen-bond acceptors (Lipinski definition) is 3. The van der Waals surface area contributed by atoms with E-state index in [1.807, 2.05) is 0 Å². The normalized spacial score (nSPS) is 11.4. The average molecular weight is 747 g/mol. The van der Waals surface area contributed by atoms with Gasteiger partial charge in [0.15, 0.2) is 0 Å². The van der Waals surface area contributed by atoms with E-state index < -0.39 is 11.9 Å². The number of hydrogen-bond donors (Lipinski definition) is 2. The van der Waals surface area contributed by atoms with Crippen LogP contribution in [0.5, 0.6) is 0 Å². The number of aliphatic carboxylic acids is 2. The van der Waals surface area contributed by atoms with Crippen molar-refractivity contribution < 1.29 is 24.5 Å². The molecule has 312 valence electrons. The number of unbranched alkanes of at least 4 members (excludes halogenated alkanes) is 22. The van der Waals surface area contributed by atoms with Gasteiger partial charge in [-0.2, -0.15) is 0 Å². The molecule has 0 spiro atoms. The molecule has 0 aromatic heterocycles. The second-order valence-electron chi connectivity index (χ2n) is 14.5. The summed E-state index contributed by atoms with van der Waals surface area (Å²) in [5.41, 5.74) is 0. The Morgan fingerprint density at radius 1 is 0.358 bits per heavy atom. The fourth-order valence-corrected chi connectivity index (χ4v) is 5.51. The zero-order valence-corrected chi connectivity index (χ0v) is 35.8. The third-order valence-electron chi connectivity index (χ3n) is 8.97. The van der Waals surface area contributed by atoms with E-state index in [0.717, 1.165) is 64.6 Å². The average Bonchev–Trinajstić information content (AvgIpc) is 3.14. The predicted molar refractivity (Wildman–Crippen MR) is 233 cm³/mol. The molecule has 53 heavy (non-hydrogen) atoms. The monoisotopic (exact) mass is 747 g/mol. The number of rotatable bonds is 38. The molecule has 0 unspecified atom stereocenters. The van der Waals surface area contributed by atoms with Crippen LogP contribution in [-0.4, -0.2) is 35.4 Å². The lowest BCUT2D eigenvalue weighted by molar-refractivity contribution is -0.138. The maximum atomic E-state index is 10.3. The molecule has 0 saturated heterocycles. The molecular formula is C48H90O5. The summed E-state index contributed by atoms with van der Waals surface area (Å²) in [7, 11) is 0. The molecule has 0 aromatic carbocycles. The van der Waals surface area contributed by atoms with Crippen molar-refractivity contribution in [2.24, 2.45) is 0 Å². The molecule has 0 heterocycles. The Hall–Kier alpha value is -2.14. The largest absolute Gasteiger partial charge is 0.481 e. The highest BCUT2D eigenvalue weighted by atomic mass is 16.5. The molecule has 0 aliphatic carbocycles. The van der Waals surface area contributed by atoms with Gasteiger partial charge in [0.05, 0.1) is 0 Å². The fourth-order valence-electron chi connectivity index (χ4n) is 5.51. The molecule has 0 radical (unpaired) electrons. The summed E-state index contributed by atoms with van der Waals surface area (Å²) in [4.78, 5) is 20.6. The number of carboxylic acids is 2. The quantitative estimate of drug-likeness (QED) is 0.0485. The third kappa shape index (κ3) is 65.2. The third-order valence-corrected chi connectivity index (χ3v) is 8.97. The van der Waals surface area contributed by atoms with Crippen molar-refractivity contribution in [2.45, 2.75) is 233 Å². The maximum absolute atomic E-state index is 10.3. The molecule has 0 rings (SSSR count). The van der Waals surface area contributed by atoms with Crippen molar-refractivity contribution in [3.05, 3.63) is 48.6 Å². The first-order valence-corrected chi connectivity index (χ1v) is 22.6. The van der Waals surface area contributed by atoms with Gasteiger partial charge in [0.25, 0.3) is 0 Å². The molecule has 2 N–H and O–H groups in total. The van der Waals surface area contributed by atoms with Crippen LogP contribution < -0.4 is 0 Å². The van der Waals surface area contributed by atoms with E-state index >= 15 is 0 Å². The van der Waals surface area contributed by atoms with Gasteiger partial charge in [-0.05, 0) is 89.9 Å². The van der Waals surface area contributed by atoms with E-state index in [2.05, 4.69) is 76.3 Å². The number of allylic oxidation sites excluding steroid dienone is 8. The summed E-state index contributed by atoms with van der Waals surface area (Å²) in [6.07, 6.45) is 55.2. The summed E-state index contributed by atoms with van der Waals surface area (Å²) >= 11 is 0. The zero-order chi connectivity index (χ0) is 39.6. The van der Waals surface area contributed by atoms with E-state index in [4.69, 9.17) is 14.9 Å². The van der Waals surface area contributed by atoms with Gasteiger partial charge >= 0.3 is 11.9 Å². The molecule has 0 saturated carbocycles. The molecule has 5 heteroatoms. The summed E-state index contributed by atoms with van der Waals surface area (Å²) in [6.45, 7) is 10.9. The van der Waals surface area contributed by atoms with E-state index in [9.17, 15) is 9.59 Å². The molecule has 0 aromatic rings. The molecule has 0 atom stereocenters. The van der Waals surface area contributed by atoms with Crippen molar-refractivity contribution in [1.29, 1.82) is 0 Å². The maximum Gasteiger partial charge on any atom is 0.303 e. The van der Waals surface area contributed by atoms with Crippen LogP contribution in [-0.2, 0) is 14.3 Å². The van der Waals surface area contributed by atoms with E-state index in [-0.39, 0.29) is 0 Å². The number of ether oxygens (including phenoxy) is 1. The Labute approximate surface area is 330 Å². The van der Waals surface area contributed by atoms with E-state index in [0.29, 0.717) is 12.8 Å². The zero-order valence-electron chi connectivity index (χ0n) is 35.8. The fraction of sp³-hybridized carbons (Fsp3) is 0.792. The SMILES string of the molecule is CCCCC/C=C\C/C=C\CCCCCCCC(=O)O.CCCCC/C=C\C/C=C\CCCCCCCC(=O)O.CCCCCCCCOCCCC. The number of carbonyl (C=O) groups is 2. The van der Waals surface area contributed by atoms with Crippen molar-refractivity contribution in [1.82, 2.24) is 0 Å². The van der Waals surface area contributed by atoms with Crippen LogP contribution in [0.3, 0.4) is 0 Å². The van der Waals surface area contributed by atoms with Crippen molar-refractivity contribution in [2.75, 3.05) is 13.2 Å². The van der Waals surface area contributed by atoms with Crippen LogP contribution in [0.15, 0.2) is 48.6 Å². The van der Waals surface area contributed by atoms with Crippen LogP contribution in [0.1, 0.15) is 233 Å². The Morgan fingerprint density at radius 2 is 0.642 bits per heavy atom. The first-order valence-electron chi connectivity index (χ1n) is 22.6. The first kappa shape index (κ1) is 55.2. The number of carboxylic acid groups (broad SMARTS) is 2. The minimum absolute atomic E-state index is 0.324. The van der Waals surface area contributed by atoms with Crippen LogP contribution in [0.4, 0.5) is 0 Å². The highest BCUT2D eigenvalue weighted by Crippen LogP contribution is 2.10. The van der Waals surface area contributed by atoms with Gasteiger partial charge in [-0.1, -0.05) is 179 Å². The molecule has 0 bridgehead atoms. The standard InChI is InChI=1S/2C18H32O2.C12H26O/c2*1-2-3-4-5-6-7-8-9-10-11-12-13-14-15-16-17-18(19)20;1-3-5-7-8-9-10-12-13-11-6-4-2/h2*6-7,9-10H,2-5,8,11-17H2,1H3,(H,19,20);3-12H2,1-2H3/b2*7-6-,10-9-;. The Morgan fingerprint density at radius 3 is 1.02 bits per heavy atom.